The molecule has 10 nitrogen and oxygen atoms in total. The molecule has 0 saturated carbocycles. The molecule has 0 atom stereocenters. The van der Waals surface area contributed by atoms with E-state index in [1.54, 1.807) is 0 Å². The molecule has 0 aromatic carbocycles. The molecule has 390 valence electrons. The maximum Gasteiger partial charge on any atom is 0.410 e. The fourth-order valence-corrected chi connectivity index (χ4v) is 8.65. The molecule has 0 saturated heterocycles. The summed E-state index contributed by atoms with van der Waals surface area (Å²) in [6.07, 6.45) is 37.9. The van der Waals surface area contributed by atoms with Crippen LogP contribution in [0.3, 0.4) is 0 Å². The largest absolute Gasteiger partial charge is 0.462 e. The predicted molar refractivity (Wildman–Crippen MR) is 275 cm³/mol. The maximum atomic E-state index is 13.6. The summed E-state index contributed by atoms with van der Waals surface area (Å²) in [4.78, 5) is 55.4. The van der Waals surface area contributed by atoms with E-state index in [2.05, 4.69) is 32.6 Å². The Kier molecular flexibility index (Phi) is 44.7. The third kappa shape index (κ3) is 41.8. The third-order valence-electron chi connectivity index (χ3n) is 12.7. The highest BCUT2D eigenvalue weighted by Gasteiger charge is 2.24. The van der Waals surface area contributed by atoms with E-state index in [1.807, 2.05) is 27.9 Å². The van der Waals surface area contributed by atoms with Crippen LogP contribution in [0.2, 0.25) is 0 Å². The number of nitrogens with zero attached hydrogens (tertiary/aromatic N) is 2. The Morgan fingerprint density at radius 3 is 1.02 bits per heavy atom. The van der Waals surface area contributed by atoms with E-state index in [0.29, 0.717) is 19.4 Å². The minimum atomic E-state index is -0.438. The zero-order chi connectivity index (χ0) is 48.9. The van der Waals surface area contributed by atoms with Crippen molar-refractivity contribution in [2.24, 2.45) is 0 Å². The minimum Gasteiger partial charge on any atom is -0.462 e. The Morgan fingerprint density at radius 1 is 0.364 bits per heavy atom. The van der Waals surface area contributed by atoms with Crippen LogP contribution < -0.4 is 0 Å². The Bertz CT molecular complexity index is 1050. The van der Waals surface area contributed by atoms with Crippen LogP contribution in [0.1, 0.15) is 279 Å². The van der Waals surface area contributed by atoms with Crippen LogP contribution >= 0.6 is 0 Å². The molecule has 0 aromatic heterocycles. The van der Waals surface area contributed by atoms with Gasteiger partial charge in [0.2, 0.25) is 0 Å². The molecule has 0 fully saturated rings. The molecule has 0 N–H and O–H groups in total. The van der Waals surface area contributed by atoms with Crippen molar-refractivity contribution in [3.05, 3.63) is 0 Å². The summed E-state index contributed by atoms with van der Waals surface area (Å²) < 4.78 is 23.6. The van der Waals surface area contributed by atoms with Gasteiger partial charge in [-0.25, -0.2) is 4.79 Å². The molecular weight excluding hydrogens is 829 g/mol. The lowest BCUT2D eigenvalue weighted by Crippen LogP contribution is -2.40. The summed E-state index contributed by atoms with van der Waals surface area (Å²) in [7, 11) is 4.00. The molecule has 0 aliphatic carbocycles. The first-order valence-electron chi connectivity index (χ1n) is 28.1. The van der Waals surface area contributed by atoms with Gasteiger partial charge in [0.1, 0.15) is 24.9 Å². The number of hydrogen-bond acceptors (Lipinski definition) is 9. The van der Waals surface area contributed by atoms with Gasteiger partial charge in [0.15, 0.2) is 0 Å². The molecule has 0 unspecified atom stereocenters. The second-order valence-electron chi connectivity index (χ2n) is 20.1. The molecule has 0 radical (unpaired) electrons. The summed E-state index contributed by atoms with van der Waals surface area (Å²) >= 11 is 0. The number of ether oxygens (including phenoxy) is 4. The SMILES string of the molecule is CCCCCCC(CCCCCC)OC(=O)CCCCCCCCC(CCCCCCCCC(=O)OC(CCCCCC)CCCCCC)OC(=O)N(CCCN(C)C)CC(=O)OC(C)C. The lowest BCUT2D eigenvalue weighted by molar-refractivity contribution is -0.151. The van der Waals surface area contributed by atoms with Crippen LogP contribution in [-0.4, -0.2) is 91.9 Å². The first-order valence-corrected chi connectivity index (χ1v) is 28.1. The quantitative estimate of drug-likeness (QED) is 0.0334. The van der Waals surface area contributed by atoms with Crippen LogP contribution in [0.15, 0.2) is 0 Å². The van der Waals surface area contributed by atoms with Gasteiger partial charge in [-0.3, -0.25) is 19.3 Å². The Labute approximate surface area is 407 Å². The van der Waals surface area contributed by atoms with Gasteiger partial charge in [0.25, 0.3) is 0 Å². The van der Waals surface area contributed by atoms with E-state index in [0.717, 1.165) is 154 Å². The van der Waals surface area contributed by atoms with Crippen LogP contribution in [0.4, 0.5) is 4.79 Å². The van der Waals surface area contributed by atoms with Gasteiger partial charge < -0.3 is 23.8 Å². The monoisotopic (exact) mass is 937 g/mol. The molecule has 0 heterocycles. The number of hydrogen-bond donors (Lipinski definition) is 0. The van der Waals surface area contributed by atoms with Gasteiger partial charge >= 0.3 is 24.0 Å². The van der Waals surface area contributed by atoms with Gasteiger partial charge in [-0.05, 0) is 131 Å². The maximum absolute atomic E-state index is 13.6. The number of rotatable bonds is 48. The van der Waals surface area contributed by atoms with Crippen molar-refractivity contribution in [2.45, 2.75) is 304 Å². The van der Waals surface area contributed by atoms with Crippen molar-refractivity contribution in [3.63, 3.8) is 0 Å². The molecule has 0 aliphatic rings. The van der Waals surface area contributed by atoms with Crippen LogP contribution in [0, 0.1) is 0 Å². The number of carbonyl (C=O) groups excluding carboxylic acids is 4. The molecule has 0 rings (SSSR count). The van der Waals surface area contributed by atoms with Crippen molar-refractivity contribution in [2.75, 3.05) is 33.7 Å². The number of unbranched alkanes of at least 4 members (excludes halogenated alkanes) is 22. The molecule has 10 heteroatoms. The normalized spacial score (nSPS) is 11.7. The molecular formula is C56H108N2O8. The molecule has 0 aliphatic heterocycles. The van der Waals surface area contributed by atoms with Crippen molar-refractivity contribution in [1.82, 2.24) is 9.80 Å². The first-order chi connectivity index (χ1) is 31.9. The van der Waals surface area contributed by atoms with Crippen molar-refractivity contribution >= 4 is 24.0 Å². The minimum absolute atomic E-state index is 0.0335. The predicted octanol–water partition coefficient (Wildman–Crippen LogP) is 15.6. The van der Waals surface area contributed by atoms with Crippen molar-refractivity contribution in [3.8, 4) is 0 Å². The average molecular weight is 937 g/mol. The van der Waals surface area contributed by atoms with Crippen molar-refractivity contribution < 1.29 is 38.1 Å². The fraction of sp³-hybridized carbons (Fsp3) is 0.929. The molecule has 1 amide bonds. The number of amides is 1. The lowest BCUT2D eigenvalue weighted by atomic mass is 10.0. The molecule has 0 spiro atoms. The summed E-state index contributed by atoms with van der Waals surface area (Å²) in [6.45, 7) is 13.7. The third-order valence-corrected chi connectivity index (χ3v) is 12.7. The van der Waals surface area contributed by atoms with Gasteiger partial charge in [-0.1, -0.05) is 156 Å². The average Bonchev–Trinajstić information content (AvgIpc) is 3.27. The van der Waals surface area contributed by atoms with E-state index in [4.69, 9.17) is 18.9 Å². The Hall–Kier alpha value is -2.36. The Balaban J connectivity index is 5.04. The zero-order valence-corrected chi connectivity index (χ0v) is 44.8. The van der Waals surface area contributed by atoms with E-state index in [-0.39, 0.29) is 42.9 Å². The van der Waals surface area contributed by atoms with E-state index >= 15 is 0 Å². The van der Waals surface area contributed by atoms with E-state index in [9.17, 15) is 19.2 Å². The fourth-order valence-electron chi connectivity index (χ4n) is 8.65. The smallest absolute Gasteiger partial charge is 0.410 e. The molecule has 0 bridgehead atoms. The van der Waals surface area contributed by atoms with Gasteiger partial charge in [0.05, 0.1) is 6.10 Å². The highest BCUT2D eigenvalue weighted by atomic mass is 16.6. The highest BCUT2D eigenvalue weighted by Crippen LogP contribution is 2.21. The second-order valence-corrected chi connectivity index (χ2v) is 20.1. The highest BCUT2D eigenvalue weighted by molar-refractivity contribution is 5.78. The van der Waals surface area contributed by atoms with Gasteiger partial charge in [-0.15, -0.1) is 0 Å². The van der Waals surface area contributed by atoms with Gasteiger partial charge in [-0.2, -0.15) is 0 Å². The van der Waals surface area contributed by atoms with E-state index < -0.39 is 12.1 Å². The first kappa shape index (κ1) is 63.6. The lowest BCUT2D eigenvalue weighted by Gasteiger charge is -2.26. The van der Waals surface area contributed by atoms with Crippen LogP contribution in [0.25, 0.3) is 0 Å². The topological polar surface area (TPSA) is 112 Å². The summed E-state index contributed by atoms with van der Waals surface area (Å²) in [5.41, 5.74) is 0. The van der Waals surface area contributed by atoms with E-state index in [1.165, 1.54) is 81.9 Å². The summed E-state index contributed by atoms with van der Waals surface area (Å²) in [5.74, 6) is -0.484. The number of esters is 3. The Morgan fingerprint density at radius 2 is 0.682 bits per heavy atom. The zero-order valence-electron chi connectivity index (χ0n) is 44.8. The second kappa shape index (κ2) is 46.4. The van der Waals surface area contributed by atoms with Crippen LogP contribution in [-0.2, 0) is 33.3 Å². The molecule has 0 aromatic rings. The van der Waals surface area contributed by atoms with Crippen LogP contribution in [0.5, 0.6) is 0 Å². The summed E-state index contributed by atoms with van der Waals surface area (Å²) in [6, 6.07) is 0. The summed E-state index contributed by atoms with van der Waals surface area (Å²) in [5, 5.41) is 0. The van der Waals surface area contributed by atoms with Gasteiger partial charge in [0, 0.05) is 19.4 Å². The van der Waals surface area contributed by atoms with Crippen molar-refractivity contribution in [1.29, 1.82) is 0 Å². The standard InChI is InChI=1S/C56H108N2O8/c1-9-13-17-29-38-50(39-30-18-14-10-2)64-53(59)44-35-27-23-21-25-33-42-52(66-56(62)58(47-37-46-57(7)8)48-55(61)63-49(5)6)43-34-26-22-24-28-36-45-54(60)65-51(40-31-19-15-11-3)41-32-20-16-12-4/h49-52H,9-48H2,1-8H3. The molecule has 66 heavy (non-hydrogen) atoms. The number of carbonyl (C=O) groups is 4.